The molecule has 3 aromatic rings. The third kappa shape index (κ3) is 5.79. The van der Waals surface area contributed by atoms with Crippen LogP contribution in [0.4, 0.5) is 30.2 Å². The zero-order valence-electron chi connectivity index (χ0n) is 19.1. The molecule has 190 valence electrons. The number of amides is 3. The van der Waals surface area contributed by atoms with Crippen LogP contribution < -0.4 is 15.5 Å². The van der Waals surface area contributed by atoms with E-state index in [1.807, 2.05) is 6.92 Å². The molecule has 0 atom stereocenters. The van der Waals surface area contributed by atoms with Crippen molar-refractivity contribution in [3.8, 4) is 0 Å². The fourth-order valence-electron chi connectivity index (χ4n) is 3.66. The number of carbonyl (C=O) groups excluding carboxylic acids is 3. The quantitative estimate of drug-likeness (QED) is 0.356. The van der Waals surface area contributed by atoms with Gasteiger partial charge in [-0.3, -0.25) is 14.4 Å². The summed E-state index contributed by atoms with van der Waals surface area (Å²) < 4.78 is 39.2. The number of imide groups is 1. The second-order valence-corrected chi connectivity index (χ2v) is 9.00. The molecular formula is C26H18Cl2F3N3O3. The highest BCUT2D eigenvalue weighted by Gasteiger charge is 2.40. The van der Waals surface area contributed by atoms with Crippen molar-refractivity contribution in [1.82, 2.24) is 0 Å². The number of halogens is 5. The van der Waals surface area contributed by atoms with Gasteiger partial charge in [0.2, 0.25) is 5.91 Å². The number of nitrogens with zero attached hydrogens (tertiary/aromatic N) is 1. The van der Waals surface area contributed by atoms with Crippen molar-refractivity contribution in [2.75, 3.05) is 15.5 Å². The second kappa shape index (κ2) is 10.3. The first-order valence-corrected chi connectivity index (χ1v) is 11.6. The van der Waals surface area contributed by atoms with Crippen LogP contribution in [0.2, 0.25) is 5.02 Å². The summed E-state index contributed by atoms with van der Waals surface area (Å²) in [5.74, 6) is -2.08. The van der Waals surface area contributed by atoms with Crippen molar-refractivity contribution in [2.24, 2.45) is 0 Å². The highest BCUT2D eigenvalue weighted by Crippen LogP contribution is 2.35. The SMILES string of the molecule is Cc1cc(Cl)ccc1NC(=O)Cc1ccc(NC2=C(Cl)C(=O)N(c3cccc(C(F)(F)F)c3)C2=O)cc1. The minimum absolute atomic E-state index is 0.0759. The Morgan fingerprint density at radius 3 is 2.30 bits per heavy atom. The van der Waals surface area contributed by atoms with Gasteiger partial charge in [0.05, 0.1) is 17.7 Å². The molecule has 4 rings (SSSR count). The van der Waals surface area contributed by atoms with Crippen molar-refractivity contribution in [3.63, 3.8) is 0 Å². The van der Waals surface area contributed by atoms with E-state index in [0.29, 0.717) is 32.9 Å². The number of aryl methyl sites for hydroxylation is 1. The fourth-order valence-corrected chi connectivity index (χ4v) is 4.10. The smallest absolute Gasteiger partial charge is 0.350 e. The summed E-state index contributed by atoms with van der Waals surface area (Å²) in [6, 6.07) is 15.4. The van der Waals surface area contributed by atoms with Crippen molar-refractivity contribution >= 4 is 58.0 Å². The second-order valence-electron chi connectivity index (χ2n) is 8.19. The molecule has 37 heavy (non-hydrogen) atoms. The van der Waals surface area contributed by atoms with Gasteiger partial charge < -0.3 is 10.6 Å². The first-order chi connectivity index (χ1) is 17.4. The average Bonchev–Trinajstić information content (AvgIpc) is 3.04. The first kappa shape index (κ1) is 26.2. The normalized spacial score (nSPS) is 13.8. The van der Waals surface area contributed by atoms with E-state index < -0.39 is 28.6 Å². The van der Waals surface area contributed by atoms with Gasteiger partial charge in [0.1, 0.15) is 10.7 Å². The molecular weight excluding hydrogens is 530 g/mol. The van der Waals surface area contributed by atoms with Crippen molar-refractivity contribution in [2.45, 2.75) is 19.5 Å². The Morgan fingerprint density at radius 2 is 1.65 bits per heavy atom. The Kier molecular flexibility index (Phi) is 7.29. The molecule has 0 aromatic heterocycles. The van der Waals surface area contributed by atoms with Gasteiger partial charge in [0, 0.05) is 16.4 Å². The van der Waals surface area contributed by atoms with E-state index in [0.717, 1.165) is 17.7 Å². The fraction of sp³-hybridized carbons (Fsp3) is 0.115. The Balaban J connectivity index is 1.44. The van der Waals surface area contributed by atoms with Crippen LogP contribution in [0, 0.1) is 6.92 Å². The summed E-state index contributed by atoms with van der Waals surface area (Å²) in [6.07, 6.45) is -4.57. The lowest BCUT2D eigenvalue weighted by molar-refractivity contribution is -0.137. The first-order valence-electron chi connectivity index (χ1n) is 10.8. The number of carbonyl (C=O) groups is 3. The maximum atomic E-state index is 13.1. The largest absolute Gasteiger partial charge is 0.416 e. The summed E-state index contributed by atoms with van der Waals surface area (Å²) in [4.78, 5) is 38.5. The van der Waals surface area contributed by atoms with Crippen LogP contribution in [0.5, 0.6) is 0 Å². The van der Waals surface area contributed by atoms with Crippen LogP contribution in [0.25, 0.3) is 0 Å². The molecule has 0 spiro atoms. The molecule has 3 aromatic carbocycles. The number of alkyl halides is 3. The van der Waals surface area contributed by atoms with E-state index in [9.17, 15) is 27.6 Å². The van der Waals surface area contributed by atoms with E-state index in [2.05, 4.69) is 10.6 Å². The molecule has 0 aliphatic carbocycles. The molecule has 0 radical (unpaired) electrons. The summed E-state index contributed by atoms with van der Waals surface area (Å²) in [5.41, 5.74) is 0.996. The third-order valence-electron chi connectivity index (χ3n) is 5.51. The van der Waals surface area contributed by atoms with Crippen LogP contribution in [0.15, 0.2) is 77.5 Å². The Morgan fingerprint density at radius 1 is 0.946 bits per heavy atom. The van der Waals surface area contributed by atoms with Crippen LogP contribution in [-0.2, 0) is 27.0 Å². The molecule has 0 bridgehead atoms. The van der Waals surface area contributed by atoms with Gasteiger partial charge in [0.15, 0.2) is 0 Å². The van der Waals surface area contributed by atoms with Gasteiger partial charge in [-0.25, -0.2) is 4.90 Å². The standard InChI is InChI=1S/C26H18Cl2F3N3O3/c1-14-11-17(27)7-10-20(14)33-21(35)12-15-5-8-18(9-6-15)32-23-22(28)24(36)34(25(23)37)19-4-2-3-16(13-19)26(29,30)31/h2-11,13,32H,12H2,1H3,(H,33,35). The Labute approximate surface area is 219 Å². The molecule has 0 fully saturated rings. The molecule has 3 amide bonds. The van der Waals surface area contributed by atoms with Crippen LogP contribution >= 0.6 is 23.2 Å². The van der Waals surface area contributed by atoms with E-state index in [1.165, 1.54) is 6.07 Å². The molecule has 1 heterocycles. The lowest BCUT2D eigenvalue weighted by Gasteiger charge is -2.17. The lowest BCUT2D eigenvalue weighted by atomic mass is 10.1. The monoisotopic (exact) mass is 547 g/mol. The van der Waals surface area contributed by atoms with Crippen LogP contribution in [-0.4, -0.2) is 17.7 Å². The van der Waals surface area contributed by atoms with Gasteiger partial charge in [-0.1, -0.05) is 41.4 Å². The Bertz CT molecular complexity index is 1440. The number of nitrogens with one attached hydrogen (secondary N) is 2. The maximum Gasteiger partial charge on any atom is 0.416 e. The van der Waals surface area contributed by atoms with Crippen molar-refractivity contribution < 1.29 is 27.6 Å². The Hall–Kier alpha value is -3.82. The lowest BCUT2D eigenvalue weighted by Crippen LogP contribution is -2.32. The third-order valence-corrected chi connectivity index (χ3v) is 6.10. The van der Waals surface area contributed by atoms with Gasteiger partial charge in [-0.05, 0) is 66.6 Å². The molecule has 2 N–H and O–H groups in total. The van der Waals surface area contributed by atoms with Gasteiger partial charge in [-0.2, -0.15) is 13.2 Å². The molecule has 0 saturated heterocycles. The van der Waals surface area contributed by atoms with Gasteiger partial charge >= 0.3 is 6.18 Å². The minimum atomic E-state index is -4.65. The van der Waals surface area contributed by atoms with Crippen molar-refractivity contribution in [3.05, 3.63) is 99.2 Å². The average molecular weight is 548 g/mol. The summed E-state index contributed by atoms with van der Waals surface area (Å²) in [7, 11) is 0. The van der Waals surface area contributed by atoms with Crippen LogP contribution in [0.3, 0.4) is 0 Å². The molecule has 1 aliphatic heterocycles. The highest BCUT2D eigenvalue weighted by atomic mass is 35.5. The minimum Gasteiger partial charge on any atom is -0.350 e. The van der Waals surface area contributed by atoms with Crippen LogP contribution in [0.1, 0.15) is 16.7 Å². The van der Waals surface area contributed by atoms with Crippen molar-refractivity contribution in [1.29, 1.82) is 0 Å². The predicted octanol–water partition coefficient (Wildman–Crippen LogP) is 6.28. The number of anilines is 3. The summed E-state index contributed by atoms with van der Waals surface area (Å²) in [5, 5.41) is 5.67. The predicted molar refractivity (Wildman–Crippen MR) is 135 cm³/mol. The number of hydrogen-bond acceptors (Lipinski definition) is 4. The summed E-state index contributed by atoms with van der Waals surface area (Å²) >= 11 is 12.0. The zero-order chi connectivity index (χ0) is 26.9. The van der Waals surface area contributed by atoms with Gasteiger partial charge in [-0.15, -0.1) is 0 Å². The molecule has 0 unspecified atom stereocenters. The van der Waals surface area contributed by atoms with E-state index >= 15 is 0 Å². The summed E-state index contributed by atoms with van der Waals surface area (Å²) in [6.45, 7) is 1.82. The van der Waals surface area contributed by atoms with E-state index in [4.69, 9.17) is 23.2 Å². The van der Waals surface area contributed by atoms with E-state index in [1.54, 1.807) is 42.5 Å². The molecule has 0 saturated carbocycles. The number of benzene rings is 3. The number of hydrogen-bond donors (Lipinski definition) is 2. The molecule has 1 aliphatic rings. The maximum absolute atomic E-state index is 13.1. The zero-order valence-corrected chi connectivity index (χ0v) is 20.6. The molecule has 11 heteroatoms. The van der Waals surface area contributed by atoms with E-state index in [-0.39, 0.29) is 23.7 Å². The highest BCUT2D eigenvalue weighted by molar-refractivity contribution is 6.53. The molecule has 6 nitrogen and oxygen atoms in total. The number of rotatable bonds is 6. The van der Waals surface area contributed by atoms with Gasteiger partial charge in [0.25, 0.3) is 11.8 Å². The topological polar surface area (TPSA) is 78.5 Å².